The lowest BCUT2D eigenvalue weighted by atomic mass is 9.91. The van der Waals surface area contributed by atoms with Crippen LogP contribution in [0.15, 0.2) is 42.5 Å². The number of rotatable bonds is 4. The largest absolute Gasteiger partial charge is 0.326 e. The average molecular weight is 391 g/mol. The number of nitrogens with zero attached hydrogens (tertiary/aromatic N) is 1. The number of benzene rings is 2. The molecule has 1 atom stereocenters. The van der Waals surface area contributed by atoms with Crippen molar-refractivity contribution in [3.63, 3.8) is 0 Å². The van der Waals surface area contributed by atoms with Crippen LogP contribution < -0.4 is 10.6 Å². The minimum atomic E-state index is -1.20. The number of imide groups is 1. The van der Waals surface area contributed by atoms with Crippen LogP contribution in [0.2, 0.25) is 0 Å². The highest BCUT2D eigenvalue weighted by atomic mass is 16.2. The SMILES string of the molecule is Cc1ccc([C@]2(C)NC(=O)N(CC(=O)c3ccc4c(c3)CCC(=O)N4)C2=O)cc1. The number of aryl methyl sites for hydroxylation is 2. The third-order valence-electron chi connectivity index (χ3n) is 5.53. The van der Waals surface area contributed by atoms with E-state index in [0.717, 1.165) is 16.0 Å². The molecule has 0 unspecified atom stereocenters. The molecule has 0 aromatic heterocycles. The number of anilines is 1. The van der Waals surface area contributed by atoms with Crippen molar-refractivity contribution in [2.45, 2.75) is 32.2 Å². The molecule has 0 aliphatic carbocycles. The monoisotopic (exact) mass is 391 g/mol. The molecule has 0 saturated carbocycles. The van der Waals surface area contributed by atoms with E-state index in [4.69, 9.17) is 0 Å². The predicted molar refractivity (Wildman–Crippen MR) is 106 cm³/mol. The van der Waals surface area contributed by atoms with E-state index in [0.29, 0.717) is 29.7 Å². The number of fused-ring (bicyclic) bond motifs is 1. The zero-order chi connectivity index (χ0) is 20.8. The lowest BCUT2D eigenvalue weighted by Crippen LogP contribution is -2.41. The lowest BCUT2D eigenvalue weighted by molar-refractivity contribution is -0.130. The number of Topliss-reactive ketones (excluding diaryl/α,β-unsaturated/α-hetero) is 1. The van der Waals surface area contributed by atoms with Crippen molar-refractivity contribution >= 4 is 29.3 Å². The van der Waals surface area contributed by atoms with Gasteiger partial charge in [0.25, 0.3) is 5.91 Å². The summed E-state index contributed by atoms with van der Waals surface area (Å²) in [7, 11) is 0. The molecule has 1 fully saturated rings. The van der Waals surface area contributed by atoms with Crippen molar-refractivity contribution < 1.29 is 19.2 Å². The van der Waals surface area contributed by atoms with Gasteiger partial charge in [0, 0.05) is 17.7 Å². The number of urea groups is 1. The Morgan fingerprint density at radius 3 is 2.52 bits per heavy atom. The van der Waals surface area contributed by atoms with Crippen molar-refractivity contribution in [3.05, 3.63) is 64.7 Å². The first kappa shape index (κ1) is 18.9. The molecular formula is C22H21N3O4. The number of amides is 4. The summed E-state index contributed by atoms with van der Waals surface area (Å²) in [6.07, 6.45) is 0.920. The van der Waals surface area contributed by atoms with Gasteiger partial charge >= 0.3 is 6.03 Å². The molecule has 4 amide bonds. The van der Waals surface area contributed by atoms with Crippen LogP contribution in [0.3, 0.4) is 0 Å². The second-order valence-corrected chi connectivity index (χ2v) is 7.66. The number of hydrogen-bond donors (Lipinski definition) is 2. The summed E-state index contributed by atoms with van der Waals surface area (Å²) < 4.78 is 0. The van der Waals surface area contributed by atoms with E-state index in [1.54, 1.807) is 37.3 Å². The Bertz CT molecular complexity index is 1040. The summed E-state index contributed by atoms with van der Waals surface area (Å²) in [6.45, 7) is 3.25. The average Bonchev–Trinajstić information content (AvgIpc) is 2.92. The zero-order valence-corrected chi connectivity index (χ0v) is 16.2. The van der Waals surface area contributed by atoms with E-state index in [2.05, 4.69) is 10.6 Å². The number of hydrogen-bond acceptors (Lipinski definition) is 4. The first-order valence-corrected chi connectivity index (χ1v) is 9.45. The summed E-state index contributed by atoms with van der Waals surface area (Å²) in [4.78, 5) is 50.7. The Morgan fingerprint density at radius 2 is 1.79 bits per heavy atom. The Hall–Kier alpha value is -3.48. The Kier molecular flexibility index (Phi) is 4.45. The Balaban J connectivity index is 1.54. The molecule has 2 N–H and O–H groups in total. The van der Waals surface area contributed by atoms with Crippen LogP contribution in [-0.2, 0) is 21.5 Å². The fourth-order valence-corrected chi connectivity index (χ4v) is 3.71. The van der Waals surface area contributed by atoms with Crippen LogP contribution in [0.1, 0.15) is 40.4 Å². The molecule has 2 aromatic carbocycles. The smallest absolute Gasteiger partial charge is 0.325 e. The number of carbonyl (C=O) groups excluding carboxylic acids is 4. The minimum Gasteiger partial charge on any atom is -0.326 e. The maximum absolute atomic E-state index is 13.0. The van der Waals surface area contributed by atoms with E-state index in [1.807, 2.05) is 19.1 Å². The predicted octanol–water partition coefficient (Wildman–Crippen LogP) is 2.53. The highest BCUT2D eigenvalue weighted by Crippen LogP contribution is 2.29. The van der Waals surface area contributed by atoms with Crippen molar-refractivity contribution in [1.82, 2.24) is 10.2 Å². The van der Waals surface area contributed by atoms with E-state index in [9.17, 15) is 19.2 Å². The molecule has 29 heavy (non-hydrogen) atoms. The molecule has 2 heterocycles. The number of carbonyl (C=O) groups is 4. The quantitative estimate of drug-likeness (QED) is 0.618. The van der Waals surface area contributed by atoms with Crippen molar-refractivity contribution in [3.8, 4) is 0 Å². The third-order valence-corrected chi connectivity index (χ3v) is 5.53. The summed E-state index contributed by atoms with van der Waals surface area (Å²) >= 11 is 0. The third kappa shape index (κ3) is 3.29. The van der Waals surface area contributed by atoms with Gasteiger partial charge in [-0.15, -0.1) is 0 Å². The van der Waals surface area contributed by atoms with Gasteiger partial charge < -0.3 is 10.6 Å². The van der Waals surface area contributed by atoms with E-state index in [-0.39, 0.29) is 18.2 Å². The molecule has 4 rings (SSSR count). The normalized spacial score (nSPS) is 20.9. The molecule has 7 nitrogen and oxygen atoms in total. The molecule has 2 aliphatic rings. The van der Waals surface area contributed by atoms with Gasteiger partial charge in [-0.3, -0.25) is 19.3 Å². The molecule has 7 heteroatoms. The fraction of sp³-hybridized carbons (Fsp3) is 0.273. The van der Waals surface area contributed by atoms with Crippen LogP contribution >= 0.6 is 0 Å². The maximum Gasteiger partial charge on any atom is 0.325 e. The Labute approximate surface area is 168 Å². The van der Waals surface area contributed by atoms with E-state index >= 15 is 0 Å². The second kappa shape index (κ2) is 6.84. The fourth-order valence-electron chi connectivity index (χ4n) is 3.71. The molecule has 0 spiro atoms. The highest BCUT2D eigenvalue weighted by Gasteiger charge is 2.49. The zero-order valence-electron chi connectivity index (χ0n) is 16.2. The van der Waals surface area contributed by atoms with Gasteiger partial charge in [-0.25, -0.2) is 4.79 Å². The standard InChI is InChI=1S/C22H21N3O4/c1-13-3-7-16(8-4-13)22(2)20(28)25(21(29)24-22)12-18(26)15-5-9-17-14(11-15)6-10-19(27)23-17/h3-5,7-9,11H,6,10,12H2,1-2H3,(H,23,27)(H,24,29)/t22-/m0/s1. The van der Waals surface area contributed by atoms with Gasteiger partial charge in [0.05, 0.1) is 6.54 Å². The van der Waals surface area contributed by atoms with Crippen molar-refractivity contribution in [2.75, 3.05) is 11.9 Å². The van der Waals surface area contributed by atoms with Gasteiger partial charge in [-0.05, 0) is 49.6 Å². The summed E-state index contributed by atoms with van der Waals surface area (Å²) in [5, 5.41) is 5.48. The number of nitrogens with one attached hydrogen (secondary N) is 2. The van der Waals surface area contributed by atoms with Gasteiger partial charge in [0.2, 0.25) is 5.91 Å². The molecule has 2 aliphatic heterocycles. The van der Waals surface area contributed by atoms with Crippen molar-refractivity contribution in [2.24, 2.45) is 0 Å². The van der Waals surface area contributed by atoms with Crippen LogP contribution in [0.4, 0.5) is 10.5 Å². The molecule has 148 valence electrons. The van der Waals surface area contributed by atoms with Crippen LogP contribution in [0, 0.1) is 6.92 Å². The second-order valence-electron chi connectivity index (χ2n) is 7.66. The molecule has 0 radical (unpaired) electrons. The van der Waals surface area contributed by atoms with Gasteiger partial charge in [-0.2, -0.15) is 0 Å². The van der Waals surface area contributed by atoms with E-state index < -0.39 is 17.5 Å². The summed E-state index contributed by atoms with van der Waals surface area (Å²) in [5.41, 5.74) is 2.48. The van der Waals surface area contributed by atoms with Crippen LogP contribution in [0.25, 0.3) is 0 Å². The molecule has 0 bridgehead atoms. The topological polar surface area (TPSA) is 95.6 Å². The highest BCUT2D eigenvalue weighted by molar-refractivity contribution is 6.11. The Morgan fingerprint density at radius 1 is 1.07 bits per heavy atom. The maximum atomic E-state index is 13.0. The lowest BCUT2D eigenvalue weighted by Gasteiger charge is -2.22. The first-order valence-electron chi connectivity index (χ1n) is 9.45. The summed E-state index contributed by atoms with van der Waals surface area (Å²) in [6, 6.07) is 11.8. The van der Waals surface area contributed by atoms with Crippen molar-refractivity contribution in [1.29, 1.82) is 0 Å². The van der Waals surface area contributed by atoms with Crippen LogP contribution in [0.5, 0.6) is 0 Å². The van der Waals surface area contributed by atoms with Crippen LogP contribution in [-0.4, -0.2) is 35.1 Å². The molecule has 1 saturated heterocycles. The van der Waals surface area contributed by atoms with Gasteiger partial charge in [0.15, 0.2) is 5.78 Å². The minimum absolute atomic E-state index is 0.0497. The van der Waals surface area contributed by atoms with Gasteiger partial charge in [0.1, 0.15) is 5.54 Å². The number of ketones is 1. The van der Waals surface area contributed by atoms with Gasteiger partial charge in [-0.1, -0.05) is 29.8 Å². The first-order chi connectivity index (χ1) is 13.8. The summed E-state index contributed by atoms with van der Waals surface area (Å²) in [5.74, 6) is -0.836. The van der Waals surface area contributed by atoms with E-state index in [1.165, 1.54) is 0 Å². The molecular weight excluding hydrogens is 370 g/mol. The molecule has 2 aromatic rings.